The molecule has 0 fully saturated rings. The van der Waals surface area contributed by atoms with E-state index in [2.05, 4.69) is 32.9 Å². The summed E-state index contributed by atoms with van der Waals surface area (Å²) < 4.78 is 3.48. The highest BCUT2D eigenvalue weighted by molar-refractivity contribution is 5.78. The molecule has 7 heteroatoms. The van der Waals surface area contributed by atoms with Gasteiger partial charge in [-0.05, 0) is 38.2 Å². The van der Waals surface area contributed by atoms with Crippen molar-refractivity contribution in [2.45, 2.75) is 38.6 Å². The third-order valence-electron chi connectivity index (χ3n) is 4.30. The second kappa shape index (κ2) is 7.90. The molecule has 0 bridgehead atoms. The summed E-state index contributed by atoms with van der Waals surface area (Å²) in [6.45, 7) is 1.17. The summed E-state index contributed by atoms with van der Waals surface area (Å²) in [4.78, 5) is 12.3. The van der Waals surface area contributed by atoms with Gasteiger partial charge < -0.3 is 5.32 Å². The molecule has 0 aromatic carbocycles. The smallest absolute Gasteiger partial charge is 0.223 e. The van der Waals surface area contributed by atoms with Gasteiger partial charge in [0.05, 0.1) is 12.7 Å². The largest absolute Gasteiger partial charge is 0.354 e. The first-order valence-corrected chi connectivity index (χ1v) is 8.55. The molecule has 0 spiro atoms. The van der Waals surface area contributed by atoms with Crippen LogP contribution in [0, 0.1) is 5.92 Å². The quantitative estimate of drug-likeness (QED) is 0.851. The highest BCUT2D eigenvalue weighted by Gasteiger charge is 2.17. The van der Waals surface area contributed by atoms with Gasteiger partial charge in [0, 0.05) is 25.7 Å². The van der Waals surface area contributed by atoms with E-state index in [1.165, 1.54) is 0 Å². The zero-order valence-corrected chi connectivity index (χ0v) is 14.1. The highest BCUT2D eigenvalue weighted by Crippen LogP contribution is 2.18. The standard InChI is InChI=1S/C17H24N6O/c1-22-11-9-15(20-22)16-13-23(21-19-16)12-10-18-17(24)14-7-5-3-2-4-6-8-14/h2-3,9,11,13-14H,4-8,10,12H2,1H3,(H,18,24)/b3-2-. The van der Waals surface area contributed by atoms with Crippen LogP contribution in [-0.2, 0) is 18.4 Å². The van der Waals surface area contributed by atoms with Gasteiger partial charge in [-0.1, -0.05) is 17.4 Å². The fourth-order valence-corrected chi connectivity index (χ4v) is 2.94. The van der Waals surface area contributed by atoms with Gasteiger partial charge in [-0.25, -0.2) is 0 Å². The van der Waals surface area contributed by atoms with Crippen molar-refractivity contribution < 1.29 is 4.79 Å². The van der Waals surface area contributed by atoms with E-state index in [-0.39, 0.29) is 11.8 Å². The van der Waals surface area contributed by atoms with Crippen LogP contribution < -0.4 is 5.32 Å². The van der Waals surface area contributed by atoms with E-state index < -0.39 is 0 Å². The first kappa shape index (κ1) is 16.4. The number of amides is 1. The van der Waals surface area contributed by atoms with Crippen molar-refractivity contribution in [2.75, 3.05) is 6.54 Å². The summed E-state index contributed by atoms with van der Waals surface area (Å²) in [7, 11) is 1.87. The molecular formula is C17H24N6O. The molecule has 2 aromatic heterocycles. The van der Waals surface area contributed by atoms with E-state index in [4.69, 9.17) is 0 Å². The summed E-state index contributed by atoms with van der Waals surface area (Å²) in [6, 6.07) is 1.90. The molecule has 1 N–H and O–H groups in total. The van der Waals surface area contributed by atoms with Gasteiger partial charge in [0.25, 0.3) is 0 Å². The maximum atomic E-state index is 12.3. The Kier molecular flexibility index (Phi) is 5.40. The lowest BCUT2D eigenvalue weighted by atomic mass is 9.93. The van der Waals surface area contributed by atoms with Crippen molar-refractivity contribution in [3.8, 4) is 11.4 Å². The Hall–Kier alpha value is -2.44. The average Bonchev–Trinajstić information content (AvgIpc) is 3.15. The number of nitrogens with one attached hydrogen (secondary N) is 1. The average molecular weight is 328 g/mol. The summed E-state index contributed by atoms with van der Waals surface area (Å²) in [5.74, 6) is 0.296. The lowest BCUT2D eigenvalue weighted by molar-refractivity contribution is -0.125. The van der Waals surface area contributed by atoms with Crippen LogP contribution in [0.1, 0.15) is 32.1 Å². The van der Waals surface area contributed by atoms with Gasteiger partial charge >= 0.3 is 0 Å². The van der Waals surface area contributed by atoms with Crippen molar-refractivity contribution >= 4 is 5.91 Å². The number of hydrogen-bond acceptors (Lipinski definition) is 4. The number of rotatable bonds is 5. The molecule has 1 unspecified atom stereocenters. The number of aryl methyl sites for hydroxylation is 1. The fourth-order valence-electron chi connectivity index (χ4n) is 2.94. The second-order valence-electron chi connectivity index (χ2n) is 6.21. The SMILES string of the molecule is Cn1ccc(-c2cn(CCNC(=O)C3CC/C=C\CCC3)nn2)n1. The van der Waals surface area contributed by atoms with Gasteiger partial charge in [-0.3, -0.25) is 14.2 Å². The Morgan fingerprint density at radius 2 is 2.17 bits per heavy atom. The van der Waals surface area contributed by atoms with Gasteiger partial charge in [0.2, 0.25) is 5.91 Å². The summed E-state index contributed by atoms with van der Waals surface area (Å²) >= 11 is 0. The molecule has 0 aliphatic heterocycles. The number of carbonyl (C=O) groups is 1. The highest BCUT2D eigenvalue weighted by atomic mass is 16.1. The maximum absolute atomic E-state index is 12.3. The predicted octanol–water partition coefficient (Wildman–Crippen LogP) is 1.93. The molecule has 24 heavy (non-hydrogen) atoms. The first-order chi connectivity index (χ1) is 11.7. The Labute approximate surface area is 141 Å². The van der Waals surface area contributed by atoms with Crippen LogP contribution in [0.3, 0.4) is 0 Å². The molecule has 2 aromatic rings. The van der Waals surface area contributed by atoms with Crippen LogP contribution >= 0.6 is 0 Å². The molecule has 1 aliphatic carbocycles. The molecule has 0 saturated carbocycles. The van der Waals surface area contributed by atoms with E-state index in [1.807, 2.05) is 25.5 Å². The van der Waals surface area contributed by atoms with Gasteiger partial charge in [-0.15, -0.1) is 5.10 Å². The lowest BCUT2D eigenvalue weighted by Gasteiger charge is -2.17. The Balaban J connectivity index is 1.47. The minimum absolute atomic E-state index is 0.134. The maximum Gasteiger partial charge on any atom is 0.223 e. The van der Waals surface area contributed by atoms with E-state index >= 15 is 0 Å². The number of allylic oxidation sites excluding steroid dienone is 2. The molecule has 1 aliphatic rings. The van der Waals surface area contributed by atoms with Crippen molar-refractivity contribution in [3.63, 3.8) is 0 Å². The van der Waals surface area contributed by atoms with Crippen LogP contribution in [0.15, 0.2) is 30.6 Å². The third-order valence-corrected chi connectivity index (χ3v) is 4.30. The van der Waals surface area contributed by atoms with Gasteiger partial charge in [0.1, 0.15) is 11.4 Å². The first-order valence-electron chi connectivity index (χ1n) is 8.55. The minimum atomic E-state index is 0.134. The van der Waals surface area contributed by atoms with Crippen molar-refractivity contribution in [1.29, 1.82) is 0 Å². The van der Waals surface area contributed by atoms with E-state index in [0.29, 0.717) is 13.1 Å². The summed E-state index contributed by atoms with van der Waals surface area (Å²) in [6.07, 6.45) is 13.2. The monoisotopic (exact) mass is 328 g/mol. The summed E-state index contributed by atoms with van der Waals surface area (Å²) in [5.41, 5.74) is 1.55. The molecular weight excluding hydrogens is 304 g/mol. The molecule has 1 amide bonds. The summed E-state index contributed by atoms with van der Waals surface area (Å²) in [5, 5.41) is 15.6. The zero-order valence-electron chi connectivity index (χ0n) is 14.1. The van der Waals surface area contributed by atoms with Gasteiger partial charge in [0.15, 0.2) is 0 Å². The Morgan fingerprint density at radius 3 is 3.00 bits per heavy atom. The third kappa shape index (κ3) is 4.31. The van der Waals surface area contributed by atoms with Crippen LogP contribution in [0.2, 0.25) is 0 Å². The fraction of sp³-hybridized carbons (Fsp3) is 0.529. The molecule has 2 heterocycles. The normalized spacial score (nSPS) is 19.5. The number of hydrogen-bond donors (Lipinski definition) is 1. The van der Waals surface area contributed by atoms with E-state index in [9.17, 15) is 4.79 Å². The molecule has 1 atom stereocenters. The molecule has 3 rings (SSSR count). The number of carbonyl (C=O) groups excluding carboxylic acids is 1. The predicted molar refractivity (Wildman–Crippen MR) is 90.9 cm³/mol. The Bertz CT molecular complexity index is 702. The molecule has 0 radical (unpaired) electrons. The van der Waals surface area contributed by atoms with Crippen molar-refractivity contribution in [1.82, 2.24) is 30.1 Å². The van der Waals surface area contributed by atoms with E-state index in [0.717, 1.165) is 43.5 Å². The van der Waals surface area contributed by atoms with Crippen LogP contribution in [0.4, 0.5) is 0 Å². The topological polar surface area (TPSA) is 77.6 Å². The Morgan fingerprint density at radius 1 is 1.29 bits per heavy atom. The van der Waals surface area contributed by atoms with Gasteiger partial charge in [-0.2, -0.15) is 5.10 Å². The van der Waals surface area contributed by atoms with Crippen LogP contribution in [0.5, 0.6) is 0 Å². The van der Waals surface area contributed by atoms with Crippen molar-refractivity contribution in [2.24, 2.45) is 13.0 Å². The number of aromatic nitrogens is 5. The molecule has 0 saturated heterocycles. The van der Waals surface area contributed by atoms with Crippen LogP contribution in [0.25, 0.3) is 11.4 Å². The molecule has 7 nitrogen and oxygen atoms in total. The zero-order chi connectivity index (χ0) is 16.8. The van der Waals surface area contributed by atoms with E-state index in [1.54, 1.807) is 9.36 Å². The second-order valence-corrected chi connectivity index (χ2v) is 6.21. The van der Waals surface area contributed by atoms with Crippen LogP contribution in [-0.4, -0.2) is 37.2 Å². The molecule has 128 valence electrons. The lowest BCUT2D eigenvalue weighted by Crippen LogP contribution is -2.33. The van der Waals surface area contributed by atoms with Crippen molar-refractivity contribution in [3.05, 3.63) is 30.6 Å². The number of nitrogens with zero attached hydrogens (tertiary/aromatic N) is 5. The minimum Gasteiger partial charge on any atom is -0.354 e.